The van der Waals surface area contributed by atoms with Crippen molar-refractivity contribution in [3.05, 3.63) is 11.3 Å². The highest BCUT2D eigenvalue weighted by molar-refractivity contribution is 5.50. The summed E-state index contributed by atoms with van der Waals surface area (Å²) in [6.45, 7) is 1.52. The van der Waals surface area contributed by atoms with E-state index in [1.54, 1.807) is 14.0 Å². The van der Waals surface area contributed by atoms with Crippen LogP contribution in [-0.2, 0) is 13.6 Å². The van der Waals surface area contributed by atoms with E-state index in [2.05, 4.69) is 5.10 Å². The maximum Gasteiger partial charge on any atom is 0.255 e. The molecule has 1 aromatic heterocycles. The maximum atomic E-state index is 12.5. The number of hydrogen-bond donors (Lipinski definition) is 2. The van der Waals surface area contributed by atoms with E-state index < -0.39 is 13.0 Å². The monoisotopic (exact) mass is 248 g/mol. The SMILES string of the molecule is Cc1nn(C)c(N(CCO)CC(F)F)c1CN. The zero-order chi connectivity index (χ0) is 13.0. The van der Waals surface area contributed by atoms with Gasteiger partial charge in [0, 0.05) is 25.7 Å². The van der Waals surface area contributed by atoms with Crippen LogP contribution in [0, 0.1) is 6.92 Å². The van der Waals surface area contributed by atoms with Crippen molar-refractivity contribution in [2.75, 3.05) is 24.6 Å². The molecule has 0 aliphatic heterocycles. The van der Waals surface area contributed by atoms with Gasteiger partial charge in [-0.1, -0.05) is 0 Å². The fraction of sp³-hybridized carbons (Fsp3) is 0.700. The minimum atomic E-state index is -2.47. The van der Waals surface area contributed by atoms with Gasteiger partial charge in [-0.15, -0.1) is 0 Å². The van der Waals surface area contributed by atoms with Crippen molar-refractivity contribution in [2.24, 2.45) is 12.8 Å². The minimum absolute atomic E-state index is 0.135. The Morgan fingerprint density at radius 3 is 2.65 bits per heavy atom. The van der Waals surface area contributed by atoms with Crippen LogP contribution in [0.5, 0.6) is 0 Å². The van der Waals surface area contributed by atoms with Crippen LogP contribution in [-0.4, -0.2) is 41.0 Å². The van der Waals surface area contributed by atoms with Gasteiger partial charge >= 0.3 is 0 Å². The van der Waals surface area contributed by atoms with E-state index in [0.29, 0.717) is 5.82 Å². The van der Waals surface area contributed by atoms with E-state index in [4.69, 9.17) is 10.8 Å². The van der Waals surface area contributed by atoms with E-state index in [9.17, 15) is 8.78 Å². The molecule has 0 saturated heterocycles. The Bertz CT molecular complexity index is 367. The average Bonchev–Trinajstić information content (AvgIpc) is 2.51. The Labute approximate surface area is 98.8 Å². The first-order chi connectivity index (χ1) is 8.01. The molecule has 0 radical (unpaired) electrons. The number of anilines is 1. The summed E-state index contributed by atoms with van der Waals surface area (Å²) >= 11 is 0. The third-order valence-electron chi connectivity index (χ3n) is 2.55. The standard InChI is InChI=1S/C10H18F2N4O/c1-7-8(5-13)10(15(2)14-7)16(3-4-17)6-9(11)12/h9,17H,3-6,13H2,1-2H3. The molecule has 17 heavy (non-hydrogen) atoms. The number of nitrogens with two attached hydrogens (primary N) is 1. The Morgan fingerprint density at radius 2 is 2.18 bits per heavy atom. The summed E-state index contributed by atoms with van der Waals surface area (Å²) in [5.41, 5.74) is 7.06. The third-order valence-corrected chi connectivity index (χ3v) is 2.55. The largest absolute Gasteiger partial charge is 0.395 e. The number of rotatable bonds is 6. The topological polar surface area (TPSA) is 67.3 Å². The molecule has 0 aromatic carbocycles. The van der Waals surface area contributed by atoms with Crippen LogP contribution in [0.3, 0.4) is 0 Å². The molecule has 1 aromatic rings. The van der Waals surface area contributed by atoms with Gasteiger partial charge in [0.1, 0.15) is 5.82 Å². The van der Waals surface area contributed by atoms with Gasteiger partial charge in [0.25, 0.3) is 6.43 Å². The first-order valence-electron chi connectivity index (χ1n) is 5.37. The molecule has 0 spiro atoms. The van der Waals surface area contributed by atoms with Crippen LogP contribution in [0.25, 0.3) is 0 Å². The van der Waals surface area contributed by atoms with E-state index in [0.717, 1.165) is 11.3 Å². The van der Waals surface area contributed by atoms with Crippen LogP contribution in [0.1, 0.15) is 11.3 Å². The van der Waals surface area contributed by atoms with Crippen molar-refractivity contribution < 1.29 is 13.9 Å². The number of aryl methyl sites for hydroxylation is 2. The zero-order valence-electron chi connectivity index (χ0n) is 10.0. The lowest BCUT2D eigenvalue weighted by molar-refractivity contribution is 0.152. The van der Waals surface area contributed by atoms with Crippen LogP contribution in [0.15, 0.2) is 0 Å². The molecule has 5 nitrogen and oxygen atoms in total. The molecule has 0 unspecified atom stereocenters. The summed E-state index contributed by atoms with van der Waals surface area (Å²) in [7, 11) is 1.68. The predicted octanol–water partition coefficient (Wildman–Crippen LogP) is 0.251. The van der Waals surface area contributed by atoms with E-state index in [1.807, 2.05) is 0 Å². The number of halogens is 2. The summed E-state index contributed by atoms with van der Waals surface area (Å²) in [5, 5.41) is 13.1. The zero-order valence-corrected chi connectivity index (χ0v) is 10.0. The van der Waals surface area contributed by atoms with Gasteiger partial charge in [0.15, 0.2) is 0 Å². The molecule has 1 rings (SSSR count). The fourth-order valence-corrected chi connectivity index (χ4v) is 1.90. The number of aliphatic hydroxyl groups excluding tert-OH is 1. The Kier molecular flexibility index (Phi) is 4.83. The minimum Gasteiger partial charge on any atom is -0.395 e. The highest BCUT2D eigenvalue weighted by atomic mass is 19.3. The Morgan fingerprint density at radius 1 is 1.53 bits per heavy atom. The third kappa shape index (κ3) is 3.13. The first-order valence-corrected chi connectivity index (χ1v) is 5.37. The lowest BCUT2D eigenvalue weighted by Gasteiger charge is -2.24. The van der Waals surface area contributed by atoms with Gasteiger partial charge in [0.2, 0.25) is 0 Å². The molecule has 1 heterocycles. The fourth-order valence-electron chi connectivity index (χ4n) is 1.90. The number of nitrogens with zero attached hydrogens (tertiary/aromatic N) is 3. The summed E-state index contributed by atoms with van der Waals surface area (Å²) in [4.78, 5) is 1.41. The highest BCUT2D eigenvalue weighted by Gasteiger charge is 2.20. The average molecular weight is 248 g/mol. The molecule has 0 amide bonds. The van der Waals surface area contributed by atoms with Crippen molar-refractivity contribution in [2.45, 2.75) is 19.9 Å². The van der Waals surface area contributed by atoms with E-state index in [1.165, 1.54) is 9.58 Å². The molecule has 98 valence electrons. The van der Waals surface area contributed by atoms with Gasteiger partial charge in [-0.25, -0.2) is 8.78 Å². The van der Waals surface area contributed by atoms with Crippen LogP contribution in [0.2, 0.25) is 0 Å². The molecule has 0 atom stereocenters. The van der Waals surface area contributed by atoms with Crippen molar-refractivity contribution in [3.63, 3.8) is 0 Å². The van der Waals surface area contributed by atoms with Gasteiger partial charge < -0.3 is 15.7 Å². The number of hydrogen-bond acceptors (Lipinski definition) is 4. The van der Waals surface area contributed by atoms with Crippen LogP contribution < -0.4 is 10.6 Å². The Balaban J connectivity index is 3.07. The molecule has 3 N–H and O–H groups in total. The lowest BCUT2D eigenvalue weighted by Crippen LogP contribution is -2.34. The summed E-state index contributed by atoms with van der Waals surface area (Å²) in [5.74, 6) is 0.555. The normalized spacial score (nSPS) is 11.2. The highest BCUT2D eigenvalue weighted by Crippen LogP contribution is 2.23. The summed E-state index contributed by atoms with van der Waals surface area (Å²) in [6, 6.07) is 0. The second-order valence-electron chi connectivity index (χ2n) is 3.78. The molecular formula is C10H18F2N4O. The quantitative estimate of drug-likeness (QED) is 0.757. The second kappa shape index (κ2) is 5.92. The summed E-state index contributed by atoms with van der Waals surface area (Å²) in [6.07, 6.45) is -2.47. The Hall–Kier alpha value is -1.21. The van der Waals surface area contributed by atoms with Crippen molar-refractivity contribution in [3.8, 4) is 0 Å². The molecule has 0 fully saturated rings. The van der Waals surface area contributed by atoms with Gasteiger partial charge in [-0.2, -0.15) is 5.10 Å². The molecule has 0 saturated carbocycles. The van der Waals surface area contributed by atoms with E-state index in [-0.39, 0.29) is 19.7 Å². The van der Waals surface area contributed by atoms with Crippen LogP contribution in [0.4, 0.5) is 14.6 Å². The second-order valence-corrected chi connectivity index (χ2v) is 3.78. The van der Waals surface area contributed by atoms with E-state index >= 15 is 0 Å². The molecule has 0 aliphatic rings. The van der Waals surface area contributed by atoms with Crippen LogP contribution >= 0.6 is 0 Å². The smallest absolute Gasteiger partial charge is 0.255 e. The lowest BCUT2D eigenvalue weighted by atomic mass is 10.2. The molecule has 7 heteroatoms. The van der Waals surface area contributed by atoms with Crippen molar-refractivity contribution in [1.29, 1.82) is 0 Å². The first kappa shape index (κ1) is 13.9. The van der Waals surface area contributed by atoms with Gasteiger partial charge in [-0.05, 0) is 6.92 Å². The maximum absolute atomic E-state index is 12.5. The summed E-state index contributed by atoms with van der Waals surface area (Å²) < 4.78 is 26.5. The van der Waals surface area contributed by atoms with Crippen molar-refractivity contribution in [1.82, 2.24) is 9.78 Å². The van der Waals surface area contributed by atoms with Gasteiger partial charge in [0.05, 0.1) is 18.8 Å². The number of aromatic nitrogens is 2. The van der Waals surface area contributed by atoms with Crippen molar-refractivity contribution >= 4 is 5.82 Å². The van der Waals surface area contributed by atoms with Gasteiger partial charge in [-0.3, -0.25) is 4.68 Å². The molecule has 0 bridgehead atoms. The number of aliphatic hydroxyl groups is 1. The predicted molar refractivity (Wildman–Crippen MR) is 61.1 cm³/mol. The number of alkyl halides is 2. The molecular weight excluding hydrogens is 230 g/mol. The molecule has 0 aliphatic carbocycles.